The van der Waals surface area contributed by atoms with Gasteiger partial charge >= 0.3 is 11.7 Å². The average Bonchev–Trinajstić information content (AvgIpc) is 2.30. The van der Waals surface area contributed by atoms with Crippen LogP contribution in [0.3, 0.4) is 0 Å². The molecule has 1 rings (SSSR count). The van der Waals surface area contributed by atoms with E-state index in [1.54, 1.807) is 0 Å². The van der Waals surface area contributed by atoms with Crippen molar-refractivity contribution in [3.63, 3.8) is 0 Å². The van der Waals surface area contributed by atoms with Crippen molar-refractivity contribution in [1.82, 2.24) is 0 Å². The molecule has 0 radical (unpaired) electrons. The minimum Gasteiger partial charge on any atom is -0.481 e. The normalized spacial score (nSPS) is 13.8. The lowest BCUT2D eigenvalue weighted by atomic mass is 10.2. The van der Waals surface area contributed by atoms with E-state index >= 15 is 0 Å². The maximum Gasteiger partial charge on any atom is 0.305 e. The zero-order valence-electron chi connectivity index (χ0n) is 10.0. The van der Waals surface area contributed by atoms with Crippen molar-refractivity contribution < 1.29 is 23.4 Å². The molecule has 104 valence electrons. The Morgan fingerprint density at radius 1 is 1.58 bits per heavy atom. The molecule has 2 unspecified atom stereocenters. The molecule has 2 atom stereocenters. The van der Waals surface area contributed by atoms with Gasteiger partial charge in [-0.1, -0.05) is 19.1 Å². The zero-order chi connectivity index (χ0) is 14.6. The Morgan fingerprint density at radius 2 is 2.21 bits per heavy atom. The quantitative estimate of drug-likeness (QED) is 0.636. The van der Waals surface area contributed by atoms with Gasteiger partial charge in [-0.25, -0.2) is 0 Å². The molecule has 1 aromatic rings. The monoisotopic (exact) mass is 289 g/mol. The maximum absolute atomic E-state index is 13.7. The number of hydrogen-bond acceptors (Lipinski definition) is 4. The van der Waals surface area contributed by atoms with Crippen LogP contribution in [-0.2, 0) is 21.3 Å². The second-order valence-electron chi connectivity index (χ2n) is 3.94. The summed E-state index contributed by atoms with van der Waals surface area (Å²) in [5, 5.41) is 18.5. The Balaban J connectivity index is 2.88. The van der Waals surface area contributed by atoms with Crippen molar-refractivity contribution in [2.24, 2.45) is 0 Å². The molecule has 1 aromatic carbocycles. The number of nitro benzene ring substituents is 1. The van der Waals surface area contributed by atoms with Crippen LogP contribution in [0.25, 0.3) is 0 Å². The molecule has 0 heterocycles. The number of nitro groups is 1. The van der Waals surface area contributed by atoms with Gasteiger partial charge in [0.2, 0.25) is 5.82 Å². The summed E-state index contributed by atoms with van der Waals surface area (Å²) in [5.41, 5.74) is -0.731. The second kappa shape index (κ2) is 6.37. The molecular weight excluding hydrogens is 277 g/mol. The highest BCUT2D eigenvalue weighted by Crippen LogP contribution is 2.22. The molecule has 0 aromatic heterocycles. The number of halogens is 1. The summed E-state index contributed by atoms with van der Waals surface area (Å²) in [6.07, 6.45) is -0.302. The van der Waals surface area contributed by atoms with Crippen LogP contribution in [0, 0.1) is 15.9 Å². The molecule has 0 fully saturated rings. The first kappa shape index (κ1) is 15.2. The number of benzene rings is 1. The van der Waals surface area contributed by atoms with Crippen molar-refractivity contribution >= 4 is 22.5 Å². The largest absolute Gasteiger partial charge is 0.481 e. The predicted octanol–water partition coefficient (Wildman–Crippen LogP) is 1.85. The summed E-state index contributed by atoms with van der Waals surface area (Å²) < 4.78 is 25.5. The first-order valence-electron chi connectivity index (χ1n) is 5.33. The van der Waals surface area contributed by atoms with Crippen LogP contribution in [0.15, 0.2) is 18.2 Å². The number of carboxylic acid groups (broad SMARTS) is 1. The summed E-state index contributed by atoms with van der Waals surface area (Å²) >= 11 is 0. The Morgan fingerprint density at radius 3 is 2.74 bits per heavy atom. The van der Waals surface area contributed by atoms with Gasteiger partial charge in [0.15, 0.2) is 0 Å². The fourth-order valence-corrected chi connectivity index (χ4v) is 2.60. The van der Waals surface area contributed by atoms with Gasteiger partial charge in [0.05, 0.1) is 17.1 Å². The average molecular weight is 289 g/mol. The number of hydrogen-bond donors (Lipinski definition) is 1. The van der Waals surface area contributed by atoms with Gasteiger partial charge in [-0.15, -0.1) is 0 Å². The fraction of sp³-hybridized carbons (Fsp3) is 0.364. The zero-order valence-corrected chi connectivity index (χ0v) is 10.9. The molecule has 0 amide bonds. The summed E-state index contributed by atoms with van der Waals surface area (Å²) in [5.74, 6) is -2.37. The molecule has 0 saturated carbocycles. The summed E-state index contributed by atoms with van der Waals surface area (Å²) in [6.45, 7) is 1.47. The van der Waals surface area contributed by atoms with Gasteiger partial charge < -0.3 is 5.11 Å². The van der Waals surface area contributed by atoms with E-state index in [2.05, 4.69) is 0 Å². The molecule has 8 heteroatoms. The standard InChI is InChI=1S/C11H12FNO5S/c1-7(5-10(14)15)19(18)6-8-3-2-4-9(11(8)12)13(16)17/h2-4,7H,5-6H2,1H3,(H,14,15). The molecular formula is C11H12FNO5S. The Hall–Kier alpha value is -1.83. The number of carboxylic acids is 1. The van der Waals surface area contributed by atoms with Gasteiger partial charge in [-0.3, -0.25) is 19.1 Å². The third-order valence-electron chi connectivity index (χ3n) is 2.46. The van der Waals surface area contributed by atoms with Crippen LogP contribution >= 0.6 is 0 Å². The minimum atomic E-state index is -1.61. The number of carbonyl (C=O) groups is 1. The van der Waals surface area contributed by atoms with Crippen molar-refractivity contribution in [3.05, 3.63) is 39.7 Å². The van der Waals surface area contributed by atoms with E-state index in [4.69, 9.17) is 5.11 Å². The third kappa shape index (κ3) is 4.09. The van der Waals surface area contributed by atoms with E-state index in [0.29, 0.717) is 0 Å². The summed E-state index contributed by atoms with van der Waals surface area (Å²) in [7, 11) is -1.61. The smallest absolute Gasteiger partial charge is 0.305 e. The SMILES string of the molecule is CC(CC(=O)O)S(=O)Cc1cccc([N+](=O)[O-])c1F. The number of nitrogens with zero attached hydrogens (tertiary/aromatic N) is 1. The van der Waals surface area contributed by atoms with E-state index < -0.39 is 38.4 Å². The molecule has 0 spiro atoms. The summed E-state index contributed by atoms with van der Waals surface area (Å²) in [4.78, 5) is 20.2. The van der Waals surface area contributed by atoms with Gasteiger partial charge in [-0.05, 0) is 0 Å². The first-order valence-corrected chi connectivity index (χ1v) is 6.72. The molecule has 0 aliphatic heterocycles. The van der Waals surface area contributed by atoms with Crippen LogP contribution < -0.4 is 0 Å². The molecule has 0 aliphatic rings. The van der Waals surface area contributed by atoms with E-state index in [1.165, 1.54) is 19.1 Å². The van der Waals surface area contributed by atoms with Crippen LogP contribution in [0.4, 0.5) is 10.1 Å². The van der Waals surface area contributed by atoms with Crippen LogP contribution in [0.5, 0.6) is 0 Å². The van der Waals surface area contributed by atoms with Crippen molar-refractivity contribution in [2.75, 3.05) is 0 Å². The molecule has 0 saturated heterocycles. The van der Waals surface area contributed by atoms with Crippen LogP contribution in [0.1, 0.15) is 18.9 Å². The van der Waals surface area contributed by atoms with E-state index in [-0.39, 0.29) is 17.7 Å². The highest BCUT2D eigenvalue weighted by Gasteiger charge is 2.21. The molecule has 6 nitrogen and oxygen atoms in total. The summed E-state index contributed by atoms with van der Waals surface area (Å²) in [6, 6.07) is 3.62. The fourth-order valence-electron chi connectivity index (χ4n) is 1.45. The van der Waals surface area contributed by atoms with Crippen molar-refractivity contribution in [1.29, 1.82) is 0 Å². The lowest BCUT2D eigenvalue weighted by Gasteiger charge is -2.09. The van der Waals surface area contributed by atoms with Gasteiger partial charge in [0.1, 0.15) is 0 Å². The lowest BCUT2D eigenvalue weighted by Crippen LogP contribution is -2.17. The lowest BCUT2D eigenvalue weighted by molar-refractivity contribution is -0.387. The molecule has 1 N–H and O–H groups in total. The predicted molar refractivity (Wildman–Crippen MR) is 66.6 cm³/mol. The Labute approximate surface area is 110 Å². The Bertz CT molecular complexity index is 534. The number of aliphatic carboxylic acids is 1. The molecule has 19 heavy (non-hydrogen) atoms. The van der Waals surface area contributed by atoms with Crippen molar-refractivity contribution in [2.45, 2.75) is 24.3 Å². The van der Waals surface area contributed by atoms with Crippen LogP contribution in [0.2, 0.25) is 0 Å². The molecule has 0 bridgehead atoms. The van der Waals surface area contributed by atoms with E-state index in [1.807, 2.05) is 0 Å². The number of rotatable bonds is 6. The first-order chi connectivity index (χ1) is 8.82. The molecule has 0 aliphatic carbocycles. The second-order valence-corrected chi connectivity index (χ2v) is 5.80. The highest BCUT2D eigenvalue weighted by atomic mass is 32.2. The van der Waals surface area contributed by atoms with E-state index in [0.717, 1.165) is 6.07 Å². The van der Waals surface area contributed by atoms with Crippen molar-refractivity contribution in [3.8, 4) is 0 Å². The topological polar surface area (TPSA) is 97.5 Å². The van der Waals surface area contributed by atoms with Gasteiger partial charge in [0, 0.05) is 27.7 Å². The third-order valence-corrected chi connectivity index (χ3v) is 4.12. The van der Waals surface area contributed by atoms with Gasteiger partial charge in [0.25, 0.3) is 0 Å². The highest BCUT2D eigenvalue weighted by molar-refractivity contribution is 7.84. The van der Waals surface area contributed by atoms with Crippen LogP contribution in [-0.4, -0.2) is 25.5 Å². The van der Waals surface area contributed by atoms with Gasteiger partial charge in [-0.2, -0.15) is 4.39 Å². The maximum atomic E-state index is 13.7. The van der Waals surface area contributed by atoms with E-state index in [9.17, 15) is 23.5 Å². The minimum absolute atomic E-state index is 0.0511. The Kier molecular flexibility index (Phi) is 5.11.